The molecular weight excluding hydrogens is 250 g/mol. The van der Waals surface area contributed by atoms with Crippen LogP contribution in [0.3, 0.4) is 0 Å². The molecule has 3 N–H and O–H groups in total. The summed E-state index contributed by atoms with van der Waals surface area (Å²) < 4.78 is 0. The van der Waals surface area contributed by atoms with Gasteiger partial charge in [0.25, 0.3) is 0 Å². The highest BCUT2D eigenvalue weighted by Crippen LogP contribution is 2.11. The van der Waals surface area contributed by atoms with Crippen molar-refractivity contribution in [2.75, 3.05) is 6.54 Å². The fourth-order valence-corrected chi connectivity index (χ4v) is 1.86. The highest BCUT2D eigenvalue weighted by atomic mass is 15.4. The first kappa shape index (κ1) is 14.0. The molecule has 20 heavy (non-hydrogen) atoms. The van der Waals surface area contributed by atoms with Gasteiger partial charge in [0, 0.05) is 25.5 Å². The zero-order chi connectivity index (χ0) is 14.2. The van der Waals surface area contributed by atoms with E-state index < -0.39 is 0 Å². The number of nitrogens with zero attached hydrogens (tertiary/aromatic N) is 3. The van der Waals surface area contributed by atoms with Crippen LogP contribution in [-0.2, 0) is 6.54 Å². The first-order valence-corrected chi connectivity index (χ1v) is 6.57. The van der Waals surface area contributed by atoms with Crippen LogP contribution in [-0.4, -0.2) is 22.4 Å². The van der Waals surface area contributed by atoms with Gasteiger partial charge in [-0.05, 0) is 36.8 Å². The predicted molar refractivity (Wildman–Crippen MR) is 81.2 cm³/mol. The number of benzene rings is 1. The van der Waals surface area contributed by atoms with Gasteiger partial charge >= 0.3 is 0 Å². The summed E-state index contributed by atoms with van der Waals surface area (Å²) in [5, 5.41) is 0. The van der Waals surface area contributed by atoms with Crippen molar-refractivity contribution in [1.29, 1.82) is 0 Å². The molecule has 0 atom stereocenters. The number of para-hydroxylation sites is 1. The second kappa shape index (κ2) is 7.25. The Morgan fingerprint density at radius 1 is 1.20 bits per heavy atom. The summed E-state index contributed by atoms with van der Waals surface area (Å²) in [6.07, 6.45) is 3.57. The minimum Gasteiger partial charge on any atom is -0.338 e. The van der Waals surface area contributed by atoms with Gasteiger partial charge in [0.15, 0.2) is 0 Å². The van der Waals surface area contributed by atoms with Gasteiger partial charge in [-0.1, -0.05) is 18.2 Å². The molecule has 0 saturated carbocycles. The van der Waals surface area contributed by atoms with Crippen LogP contribution in [0.15, 0.2) is 59.9 Å². The number of hydrazine groups is 1. The quantitative estimate of drug-likeness (QED) is 0.386. The van der Waals surface area contributed by atoms with Crippen LogP contribution in [0.1, 0.15) is 12.5 Å². The Hall–Kier alpha value is -2.40. The van der Waals surface area contributed by atoms with E-state index >= 15 is 0 Å². The molecule has 0 saturated heterocycles. The van der Waals surface area contributed by atoms with E-state index in [1.54, 1.807) is 12.4 Å². The number of nitrogens with two attached hydrogens (primary N) is 1. The van der Waals surface area contributed by atoms with Gasteiger partial charge in [0.05, 0.1) is 5.69 Å². The summed E-state index contributed by atoms with van der Waals surface area (Å²) in [7, 11) is 0. The lowest BCUT2D eigenvalue weighted by atomic mass is 10.2. The van der Waals surface area contributed by atoms with Gasteiger partial charge in [-0.3, -0.25) is 10.4 Å². The van der Waals surface area contributed by atoms with Crippen molar-refractivity contribution >= 4 is 11.6 Å². The van der Waals surface area contributed by atoms with Crippen molar-refractivity contribution < 1.29 is 0 Å². The number of rotatable bonds is 4. The fourth-order valence-electron chi connectivity index (χ4n) is 1.86. The van der Waals surface area contributed by atoms with Crippen LogP contribution >= 0.6 is 0 Å². The second-order valence-corrected chi connectivity index (χ2v) is 4.28. The number of aliphatic imine (C=N–C) groups is 1. The number of hydrogen-bond acceptors (Lipinski definition) is 3. The summed E-state index contributed by atoms with van der Waals surface area (Å²) in [6.45, 7) is 3.60. The van der Waals surface area contributed by atoms with Crippen molar-refractivity contribution in [3.05, 3.63) is 60.4 Å². The summed E-state index contributed by atoms with van der Waals surface area (Å²) in [5.41, 5.74) is 4.72. The molecule has 0 amide bonds. The molecule has 0 bridgehead atoms. The van der Waals surface area contributed by atoms with Crippen molar-refractivity contribution in [2.45, 2.75) is 13.5 Å². The van der Waals surface area contributed by atoms with Crippen molar-refractivity contribution in [3.63, 3.8) is 0 Å². The van der Waals surface area contributed by atoms with Crippen LogP contribution in [0.2, 0.25) is 0 Å². The van der Waals surface area contributed by atoms with Crippen molar-refractivity contribution in [3.8, 4) is 0 Å². The third-order valence-corrected chi connectivity index (χ3v) is 2.92. The zero-order valence-corrected chi connectivity index (χ0v) is 11.5. The maximum Gasteiger partial charge on any atom is 0.213 e. The number of hydrogen-bond donors (Lipinski definition) is 2. The topological polar surface area (TPSA) is 66.5 Å². The molecule has 5 heteroatoms. The maximum atomic E-state index is 5.62. The molecule has 0 fully saturated rings. The summed E-state index contributed by atoms with van der Waals surface area (Å²) in [4.78, 5) is 10.6. The molecule has 104 valence electrons. The van der Waals surface area contributed by atoms with Crippen LogP contribution in [0.5, 0.6) is 0 Å². The van der Waals surface area contributed by atoms with E-state index in [0.29, 0.717) is 5.96 Å². The smallest absolute Gasteiger partial charge is 0.213 e. The predicted octanol–water partition coefficient (Wildman–Crippen LogP) is 2.05. The molecule has 1 heterocycles. The Labute approximate surface area is 119 Å². The minimum atomic E-state index is 0.649. The first-order chi connectivity index (χ1) is 9.83. The van der Waals surface area contributed by atoms with Gasteiger partial charge in [-0.15, -0.1) is 0 Å². The van der Waals surface area contributed by atoms with Gasteiger partial charge in [-0.25, -0.2) is 10.8 Å². The highest BCUT2D eigenvalue weighted by Gasteiger charge is 2.09. The number of guanidine groups is 1. The van der Waals surface area contributed by atoms with Crippen molar-refractivity contribution in [2.24, 2.45) is 10.8 Å². The first-order valence-electron chi connectivity index (χ1n) is 6.57. The molecule has 0 aliphatic carbocycles. The third kappa shape index (κ3) is 3.80. The van der Waals surface area contributed by atoms with E-state index in [1.165, 1.54) is 0 Å². The maximum absolute atomic E-state index is 5.62. The standard InChI is InChI=1S/C15H19N5/c1-2-20(12-13-8-10-17-11-9-13)15(19-16)18-14-6-4-3-5-7-14/h3-11H,2,12,16H2,1H3,(H,18,19). The van der Waals surface area contributed by atoms with Gasteiger partial charge in [0.2, 0.25) is 5.96 Å². The monoisotopic (exact) mass is 269 g/mol. The lowest BCUT2D eigenvalue weighted by Crippen LogP contribution is -2.44. The van der Waals surface area contributed by atoms with E-state index in [4.69, 9.17) is 5.84 Å². The molecule has 0 aliphatic rings. The van der Waals surface area contributed by atoms with Crippen LogP contribution in [0, 0.1) is 0 Å². The van der Waals surface area contributed by atoms with E-state index in [-0.39, 0.29) is 0 Å². The summed E-state index contributed by atoms with van der Waals surface area (Å²) in [5.74, 6) is 6.26. The Bertz CT molecular complexity index is 539. The molecule has 2 rings (SSSR count). The second-order valence-electron chi connectivity index (χ2n) is 4.28. The largest absolute Gasteiger partial charge is 0.338 e. The average Bonchev–Trinajstić information content (AvgIpc) is 2.52. The summed E-state index contributed by atoms with van der Waals surface area (Å²) in [6, 6.07) is 13.7. The Morgan fingerprint density at radius 3 is 2.50 bits per heavy atom. The van der Waals surface area contributed by atoms with Gasteiger partial charge in [0.1, 0.15) is 0 Å². The highest BCUT2D eigenvalue weighted by molar-refractivity contribution is 5.82. The fraction of sp³-hybridized carbons (Fsp3) is 0.200. The van der Waals surface area contributed by atoms with Crippen LogP contribution in [0.4, 0.5) is 5.69 Å². The SMILES string of the molecule is CCN(Cc1ccncc1)C(=Nc1ccccc1)NN. The Morgan fingerprint density at radius 2 is 1.90 bits per heavy atom. The van der Waals surface area contributed by atoms with Crippen LogP contribution < -0.4 is 11.3 Å². The number of aromatic nitrogens is 1. The molecule has 0 spiro atoms. The van der Waals surface area contributed by atoms with E-state index in [0.717, 1.165) is 24.3 Å². The van der Waals surface area contributed by atoms with Gasteiger partial charge < -0.3 is 4.90 Å². The van der Waals surface area contributed by atoms with E-state index in [1.807, 2.05) is 42.5 Å². The molecule has 5 nitrogen and oxygen atoms in total. The third-order valence-electron chi connectivity index (χ3n) is 2.92. The lowest BCUT2D eigenvalue weighted by Gasteiger charge is -2.24. The molecule has 1 aromatic carbocycles. The molecule has 0 aliphatic heterocycles. The van der Waals surface area contributed by atoms with E-state index in [9.17, 15) is 0 Å². The Balaban J connectivity index is 2.18. The van der Waals surface area contributed by atoms with Crippen molar-refractivity contribution in [1.82, 2.24) is 15.3 Å². The van der Waals surface area contributed by atoms with Gasteiger partial charge in [-0.2, -0.15) is 0 Å². The zero-order valence-electron chi connectivity index (χ0n) is 11.5. The normalized spacial score (nSPS) is 11.2. The van der Waals surface area contributed by atoms with Crippen LogP contribution in [0.25, 0.3) is 0 Å². The molecular formula is C15H19N5. The van der Waals surface area contributed by atoms with E-state index in [2.05, 4.69) is 27.2 Å². The molecule has 0 unspecified atom stereocenters. The molecule has 1 aromatic heterocycles. The minimum absolute atomic E-state index is 0.649. The Kier molecular flexibility index (Phi) is 5.08. The molecule has 2 aromatic rings. The average molecular weight is 269 g/mol. The lowest BCUT2D eigenvalue weighted by molar-refractivity contribution is 0.419. The molecule has 0 radical (unpaired) electrons. The number of pyridine rings is 1. The number of nitrogens with one attached hydrogen (secondary N) is 1. The summed E-state index contributed by atoms with van der Waals surface area (Å²) >= 11 is 0.